The van der Waals surface area contributed by atoms with Crippen LogP contribution in [0.4, 0.5) is 10.1 Å². The Balaban J connectivity index is 1.72. The number of morpholine rings is 1. The summed E-state index contributed by atoms with van der Waals surface area (Å²) in [5, 5.41) is 7.02. The fourth-order valence-electron chi connectivity index (χ4n) is 4.00. The second-order valence-electron chi connectivity index (χ2n) is 7.72. The summed E-state index contributed by atoms with van der Waals surface area (Å²) < 4.78 is 23.9. The Labute approximate surface area is 175 Å². The predicted molar refractivity (Wildman–Crippen MR) is 114 cm³/mol. The molecule has 0 saturated carbocycles. The largest absolute Gasteiger partial charge is 0.375 e. The molecule has 160 valence electrons. The van der Waals surface area contributed by atoms with Crippen LogP contribution < -0.4 is 10.6 Å². The van der Waals surface area contributed by atoms with Crippen molar-refractivity contribution in [2.24, 2.45) is 0 Å². The number of H-pyrrole nitrogens is 1. The van der Waals surface area contributed by atoms with E-state index in [1.807, 2.05) is 26.8 Å². The number of ether oxygens (including phenoxy) is 1. The zero-order valence-corrected chi connectivity index (χ0v) is 17.7. The summed E-state index contributed by atoms with van der Waals surface area (Å²) in [5.74, 6) is -0.347. The Morgan fingerprint density at radius 1 is 1.23 bits per heavy atom. The number of hydrogen-bond donors (Lipinski definition) is 1. The fraction of sp³-hybridized carbons (Fsp3) is 0.455. The van der Waals surface area contributed by atoms with Gasteiger partial charge in [0.25, 0.3) is 0 Å². The molecule has 1 aromatic carbocycles. The smallest absolute Gasteiger partial charge is 0.333 e. The third-order valence-corrected chi connectivity index (χ3v) is 5.71. The predicted octanol–water partition coefficient (Wildman–Crippen LogP) is 2.90. The van der Waals surface area contributed by atoms with E-state index in [9.17, 15) is 4.79 Å². The zero-order valence-electron chi connectivity index (χ0n) is 17.7. The van der Waals surface area contributed by atoms with E-state index in [2.05, 4.69) is 15.1 Å². The molecular formula is C22H28FN5O2. The SMILES string of the molecule is CCc1cc(N2CCO[C@H](C)C2)cc(-n2ccn(Cc3cn[nH]c3CC)c2=O)c1F. The molecule has 3 aromatic rings. The highest BCUT2D eigenvalue weighted by Gasteiger charge is 2.21. The molecular weight excluding hydrogens is 385 g/mol. The van der Waals surface area contributed by atoms with Crippen molar-refractivity contribution >= 4 is 5.69 Å². The second-order valence-corrected chi connectivity index (χ2v) is 7.72. The lowest BCUT2D eigenvalue weighted by Gasteiger charge is -2.33. The van der Waals surface area contributed by atoms with Crippen LogP contribution in [-0.2, 0) is 24.1 Å². The summed E-state index contributed by atoms with van der Waals surface area (Å²) in [4.78, 5) is 15.3. The lowest BCUT2D eigenvalue weighted by Crippen LogP contribution is -2.41. The quantitative estimate of drug-likeness (QED) is 0.675. The van der Waals surface area contributed by atoms with Crippen LogP contribution in [0.5, 0.6) is 0 Å². The number of hydrogen-bond acceptors (Lipinski definition) is 4. The molecule has 3 heterocycles. The molecule has 8 heteroatoms. The van der Waals surface area contributed by atoms with Gasteiger partial charge >= 0.3 is 5.69 Å². The fourth-order valence-corrected chi connectivity index (χ4v) is 4.00. The molecule has 1 atom stereocenters. The Morgan fingerprint density at radius 3 is 2.80 bits per heavy atom. The minimum absolute atomic E-state index is 0.115. The van der Waals surface area contributed by atoms with Crippen LogP contribution in [0.25, 0.3) is 5.69 Å². The van der Waals surface area contributed by atoms with Gasteiger partial charge in [-0.2, -0.15) is 5.10 Å². The summed E-state index contributed by atoms with van der Waals surface area (Å²) in [6.45, 7) is 8.50. The van der Waals surface area contributed by atoms with Gasteiger partial charge in [0.2, 0.25) is 0 Å². The standard InChI is InChI=1S/C22H28FN5O2/c1-4-16-10-18(26-8-9-30-15(3)13-26)11-20(21(16)23)28-7-6-27(22(28)29)14-17-12-24-25-19(17)5-2/h6-7,10-12,15H,4-5,8-9,13-14H2,1-3H3,(H,24,25)/t15-/m1/s1. The molecule has 1 aliphatic rings. The summed E-state index contributed by atoms with van der Waals surface area (Å²) in [5.41, 5.74) is 3.49. The first kappa shape index (κ1) is 20.4. The molecule has 1 fully saturated rings. The number of nitrogens with one attached hydrogen (secondary N) is 1. The first-order valence-electron chi connectivity index (χ1n) is 10.5. The third kappa shape index (κ3) is 3.79. The lowest BCUT2D eigenvalue weighted by atomic mass is 10.1. The average molecular weight is 413 g/mol. The van der Waals surface area contributed by atoms with E-state index in [0.29, 0.717) is 25.1 Å². The second kappa shape index (κ2) is 8.47. The molecule has 0 spiro atoms. The Morgan fingerprint density at radius 2 is 2.07 bits per heavy atom. The Bertz CT molecular complexity index is 1080. The number of nitrogens with zero attached hydrogens (tertiary/aromatic N) is 4. The van der Waals surface area contributed by atoms with Gasteiger partial charge in [-0.05, 0) is 37.5 Å². The lowest BCUT2D eigenvalue weighted by molar-refractivity contribution is 0.0532. The molecule has 0 amide bonds. The van der Waals surface area contributed by atoms with Crippen molar-refractivity contribution < 1.29 is 9.13 Å². The number of halogens is 1. The zero-order chi connectivity index (χ0) is 21.3. The Hall–Kier alpha value is -2.87. The average Bonchev–Trinajstić information content (AvgIpc) is 3.35. The number of imidazole rings is 1. The number of benzene rings is 1. The minimum Gasteiger partial charge on any atom is -0.375 e. The van der Waals surface area contributed by atoms with Crippen molar-refractivity contribution in [3.63, 3.8) is 0 Å². The van der Waals surface area contributed by atoms with Crippen LogP contribution in [0.1, 0.15) is 37.6 Å². The highest BCUT2D eigenvalue weighted by atomic mass is 19.1. The first-order valence-corrected chi connectivity index (χ1v) is 10.5. The minimum atomic E-state index is -0.347. The van der Waals surface area contributed by atoms with E-state index in [1.54, 1.807) is 29.2 Å². The van der Waals surface area contributed by atoms with Crippen molar-refractivity contribution in [2.45, 2.75) is 46.3 Å². The van der Waals surface area contributed by atoms with Crippen LogP contribution in [0.15, 0.2) is 35.5 Å². The van der Waals surface area contributed by atoms with Crippen LogP contribution in [0.3, 0.4) is 0 Å². The van der Waals surface area contributed by atoms with E-state index in [-0.39, 0.29) is 23.3 Å². The number of aryl methyl sites for hydroxylation is 2. The normalized spacial score (nSPS) is 16.9. The van der Waals surface area contributed by atoms with Gasteiger partial charge in [-0.3, -0.25) is 14.2 Å². The molecule has 2 aromatic heterocycles. The van der Waals surface area contributed by atoms with Gasteiger partial charge in [-0.25, -0.2) is 9.18 Å². The maximum Gasteiger partial charge on any atom is 0.333 e. The first-order chi connectivity index (χ1) is 14.5. The molecule has 1 N–H and O–H groups in total. The number of anilines is 1. The number of aromatic amines is 1. The van der Waals surface area contributed by atoms with Gasteiger partial charge in [0.15, 0.2) is 5.82 Å². The van der Waals surface area contributed by atoms with Crippen molar-refractivity contribution in [1.82, 2.24) is 19.3 Å². The van der Waals surface area contributed by atoms with E-state index in [0.717, 1.165) is 36.5 Å². The van der Waals surface area contributed by atoms with Gasteiger partial charge in [-0.15, -0.1) is 0 Å². The van der Waals surface area contributed by atoms with Crippen molar-refractivity contribution in [2.75, 3.05) is 24.6 Å². The molecule has 0 bridgehead atoms. The van der Waals surface area contributed by atoms with Crippen molar-refractivity contribution in [3.8, 4) is 5.69 Å². The summed E-state index contributed by atoms with van der Waals surface area (Å²) in [6.07, 6.45) is 6.54. The van der Waals surface area contributed by atoms with Crippen molar-refractivity contribution in [1.29, 1.82) is 0 Å². The molecule has 0 radical (unpaired) electrons. The number of rotatable bonds is 6. The molecule has 30 heavy (non-hydrogen) atoms. The summed E-state index contributed by atoms with van der Waals surface area (Å²) in [7, 11) is 0. The molecule has 1 saturated heterocycles. The molecule has 7 nitrogen and oxygen atoms in total. The summed E-state index contributed by atoms with van der Waals surface area (Å²) in [6, 6.07) is 3.66. The Kier molecular flexibility index (Phi) is 5.76. The number of aromatic nitrogens is 4. The van der Waals surface area contributed by atoms with E-state index in [1.165, 1.54) is 4.57 Å². The topological polar surface area (TPSA) is 68.1 Å². The highest BCUT2D eigenvalue weighted by molar-refractivity contribution is 5.57. The van der Waals surface area contributed by atoms with Crippen LogP contribution in [-0.4, -0.2) is 45.1 Å². The van der Waals surface area contributed by atoms with Crippen LogP contribution in [0.2, 0.25) is 0 Å². The van der Waals surface area contributed by atoms with Crippen LogP contribution in [0, 0.1) is 5.82 Å². The van der Waals surface area contributed by atoms with Gasteiger partial charge in [0.1, 0.15) is 0 Å². The van der Waals surface area contributed by atoms with Gasteiger partial charge in [-0.1, -0.05) is 13.8 Å². The molecule has 0 aliphatic carbocycles. The third-order valence-electron chi connectivity index (χ3n) is 5.71. The monoisotopic (exact) mass is 413 g/mol. The van der Waals surface area contributed by atoms with Gasteiger partial charge < -0.3 is 9.64 Å². The van der Waals surface area contributed by atoms with E-state index in [4.69, 9.17) is 4.74 Å². The van der Waals surface area contributed by atoms with E-state index >= 15 is 4.39 Å². The highest BCUT2D eigenvalue weighted by Crippen LogP contribution is 2.27. The van der Waals surface area contributed by atoms with Crippen LogP contribution >= 0.6 is 0 Å². The summed E-state index contributed by atoms with van der Waals surface area (Å²) >= 11 is 0. The molecule has 4 rings (SSSR count). The molecule has 0 unspecified atom stereocenters. The molecule has 1 aliphatic heterocycles. The maximum absolute atomic E-state index is 15.2. The van der Waals surface area contributed by atoms with Gasteiger partial charge in [0, 0.05) is 42.4 Å². The maximum atomic E-state index is 15.2. The van der Waals surface area contributed by atoms with Gasteiger partial charge in [0.05, 0.1) is 31.1 Å². The van der Waals surface area contributed by atoms with Crippen molar-refractivity contribution in [3.05, 3.63) is 63.8 Å². The van der Waals surface area contributed by atoms with E-state index < -0.39 is 0 Å².